The number of aliphatic hydroxyl groups excluding tert-OH is 1. The van der Waals surface area contributed by atoms with Crippen LogP contribution < -0.4 is 14.8 Å². The van der Waals surface area contributed by atoms with Crippen molar-refractivity contribution in [3.05, 3.63) is 57.0 Å². The van der Waals surface area contributed by atoms with Crippen molar-refractivity contribution in [2.45, 2.75) is 26.2 Å². The maximum Gasteiger partial charge on any atom is 0.167 e. The lowest BCUT2D eigenvalue weighted by Crippen LogP contribution is -2.24. The number of halogens is 2. The molecule has 1 unspecified atom stereocenters. The zero-order valence-corrected chi connectivity index (χ0v) is 16.0. The van der Waals surface area contributed by atoms with Crippen molar-refractivity contribution >= 4 is 27.5 Å². The summed E-state index contributed by atoms with van der Waals surface area (Å²) in [5.74, 6) is 1.33. The average Bonchev–Trinajstić information content (AvgIpc) is 2.54. The second kappa shape index (κ2) is 9.28. The molecule has 2 aromatic rings. The molecule has 0 aliphatic rings. The number of benzene rings is 2. The normalized spacial score (nSPS) is 12.0. The highest BCUT2D eigenvalue weighted by molar-refractivity contribution is 9.10. The molecular formula is C18H21BrClNO3. The molecule has 0 saturated carbocycles. The van der Waals surface area contributed by atoms with E-state index in [2.05, 4.69) is 21.2 Å². The Morgan fingerprint density at radius 3 is 2.75 bits per heavy atom. The Labute approximate surface area is 155 Å². The Hall–Kier alpha value is -1.27. The quantitative estimate of drug-likeness (QED) is 0.681. The second-order valence-electron chi connectivity index (χ2n) is 5.46. The summed E-state index contributed by atoms with van der Waals surface area (Å²) in [5, 5.41) is 13.3. The Morgan fingerprint density at radius 1 is 1.29 bits per heavy atom. The Bertz CT molecular complexity index is 679. The van der Waals surface area contributed by atoms with Crippen LogP contribution in [0.2, 0.25) is 5.02 Å². The van der Waals surface area contributed by atoms with E-state index in [1.165, 1.54) is 0 Å². The van der Waals surface area contributed by atoms with E-state index in [1.54, 1.807) is 14.0 Å². The molecule has 0 fully saturated rings. The van der Waals surface area contributed by atoms with Gasteiger partial charge in [-0.15, -0.1) is 0 Å². The van der Waals surface area contributed by atoms with Gasteiger partial charge in [-0.05, 0) is 36.8 Å². The van der Waals surface area contributed by atoms with Crippen LogP contribution >= 0.6 is 27.5 Å². The van der Waals surface area contributed by atoms with Crippen LogP contribution in [0, 0.1) is 0 Å². The van der Waals surface area contributed by atoms with Gasteiger partial charge in [0.05, 0.1) is 13.2 Å². The van der Waals surface area contributed by atoms with Crippen LogP contribution in [-0.4, -0.2) is 24.9 Å². The van der Waals surface area contributed by atoms with Crippen LogP contribution in [0.5, 0.6) is 11.5 Å². The topological polar surface area (TPSA) is 50.7 Å². The standard InChI is InChI=1S/C18H21BrClNO3/c1-12(22)9-21-10-15-16(19)6-7-17(23-2)18(15)24-11-13-4-3-5-14(20)8-13/h3-8,12,21-22H,9-11H2,1-2H3. The van der Waals surface area contributed by atoms with Gasteiger partial charge < -0.3 is 19.9 Å². The largest absolute Gasteiger partial charge is 0.493 e. The van der Waals surface area contributed by atoms with E-state index in [0.717, 1.165) is 15.6 Å². The van der Waals surface area contributed by atoms with Crippen molar-refractivity contribution in [2.24, 2.45) is 0 Å². The molecule has 0 spiro atoms. The van der Waals surface area contributed by atoms with E-state index in [1.807, 2.05) is 36.4 Å². The van der Waals surface area contributed by atoms with Gasteiger partial charge in [0.15, 0.2) is 11.5 Å². The van der Waals surface area contributed by atoms with Gasteiger partial charge in [0.1, 0.15) is 6.61 Å². The minimum atomic E-state index is -0.412. The van der Waals surface area contributed by atoms with Crippen LogP contribution in [0.15, 0.2) is 40.9 Å². The number of rotatable bonds is 8. The summed E-state index contributed by atoms with van der Waals surface area (Å²) in [4.78, 5) is 0. The van der Waals surface area contributed by atoms with Gasteiger partial charge in [-0.2, -0.15) is 0 Å². The van der Waals surface area contributed by atoms with E-state index in [0.29, 0.717) is 36.2 Å². The minimum absolute atomic E-state index is 0.386. The molecule has 2 N–H and O–H groups in total. The molecule has 2 aromatic carbocycles. The van der Waals surface area contributed by atoms with Crippen molar-refractivity contribution in [3.63, 3.8) is 0 Å². The number of aliphatic hydroxyl groups is 1. The van der Waals surface area contributed by atoms with Crippen molar-refractivity contribution in [1.82, 2.24) is 5.32 Å². The molecule has 0 aromatic heterocycles. The fraction of sp³-hybridized carbons (Fsp3) is 0.333. The molecule has 0 amide bonds. The maximum absolute atomic E-state index is 9.41. The second-order valence-corrected chi connectivity index (χ2v) is 6.75. The van der Waals surface area contributed by atoms with E-state index in [-0.39, 0.29) is 0 Å². The van der Waals surface area contributed by atoms with Crippen LogP contribution in [0.25, 0.3) is 0 Å². The highest BCUT2D eigenvalue weighted by Crippen LogP contribution is 2.36. The zero-order chi connectivity index (χ0) is 17.5. The fourth-order valence-corrected chi connectivity index (χ4v) is 2.92. The molecule has 0 radical (unpaired) electrons. The summed E-state index contributed by atoms with van der Waals surface area (Å²) in [6.45, 7) is 3.17. The van der Waals surface area contributed by atoms with Gasteiger partial charge in [0.2, 0.25) is 0 Å². The number of nitrogens with one attached hydrogen (secondary N) is 1. The van der Waals surface area contributed by atoms with Crippen molar-refractivity contribution in [3.8, 4) is 11.5 Å². The molecular weight excluding hydrogens is 394 g/mol. The summed E-state index contributed by atoms with van der Waals surface area (Å²) >= 11 is 9.57. The molecule has 24 heavy (non-hydrogen) atoms. The van der Waals surface area contributed by atoms with Crippen LogP contribution in [0.3, 0.4) is 0 Å². The summed E-state index contributed by atoms with van der Waals surface area (Å²) in [7, 11) is 1.61. The zero-order valence-electron chi connectivity index (χ0n) is 13.7. The molecule has 1 atom stereocenters. The summed E-state index contributed by atoms with van der Waals surface area (Å²) in [6.07, 6.45) is -0.412. The first-order chi connectivity index (χ1) is 11.5. The number of methoxy groups -OCH3 is 1. The van der Waals surface area contributed by atoms with E-state index < -0.39 is 6.10 Å². The summed E-state index contributed by atoms with van der Waals surface area (Å²) in [6, 6.07) is 11.3. The summed E-state index contributed by atoms with van der Waals surface area (Å²) in [5.41, 5.74) is 1.92. The highest BCUT2D eigenvalue weighted by Gasteiger charge is 2.15. The molecule has 0 heterocycles. The van der Waals surface area contributed by atoms with Crippen LogP contribution in [-0.2, 0) is 13.2 Å². The molecule has 4 nitrogen and oxygen atoms in total. The van der Waals surface area contributed by atoms with Gasteiger partial charge in [-0.1, -0.05) is 39.7 Å². The lowest BCUT2D eigenvalue weighted by molar-refractivity contribution is 0.190. The third-order valence-electron chi connectivity index (χ3n) is 3.40. The Morgan fingerprint density at radius 2 is 2.08 bits per heavy atom. The number of hydrogen-bond acceptors (Lipinski definition) is 4. The van der Waals surface area contributed by atoms with E-state index >= 15 is 0 Å². The van der Waals surface area contributed by atoms with Gasteiger partial charge in [-0.25, -0.2) is 0 Å². The molecule has 6 heteroatoms. The smallest absolute Gasteiger partial charge is 0.167 e. The third-order valence-corrected chi connectivity index (χ3v) is 4.38. The van der Waals surface area contributed by atoms with Gasteiger partial charge in [0.25, 0.3) is 0 Å². The minimum Gasteiger partial charge on any atom is -0.493 e. The SMILES string of the molecule is COc1ccc(Br)c(CNCC(C)O)c1OCc1cccc(Cl)c1. The predicted octanol–water partition coefficient (Wildman–Crippen LogP) is 4.16. The monoisotopic (exact) mass is 413 g/mol. The lowest BCUT2D eigenvalue weighted by Gasteiger charge is -2.17. The van der Waals surface area contributed by atoms with Crippen molar-refractivity contribution < 1.29 is 14.6 Å². The Balaban J connectivity index is 2.20. The highest BCUT2D eigenvalue weighted by atomic mass is 79.9. The molecule has 0 bridgehead atoms. The number of hydrogen-bond donors (Lipinski definition) is 2. The lowest BCUT2D eigenvalue weighted by atomic mass is 10.1. The first kappa shape index (κ1) is 19.1. The predicted molar refractivity (Wildman–Crippen MR) is 99.9 cm³/mol. The first-order valence-corrected chi connectivity index (χ1v) is 8.79. The van der Waals surface area contributed by atoms with E-state index in [9.17, 15) is 5.11 Å². The number of ether oxygens (including phenoxy) is 2. The van der Waals surface area contributed by atoms with E-state index in [4.69, 9.17) is 21.1 Å². The Kier molecular flexibility index (Phi) is 7.37. The van der Waals surface area contributed by atoms with Crippen LogP contribution in [0.4, 0.5) is 0 Å². The molecule has 2 rings (SSSR count). The van der Waals surface area contributed by atoms with Crippen molar-refractivity contribution in [1.29, 1.82) is 0 Å². The summed E-state index contributed by atoms with van der Waals surface area (Å²) < 4.78 is 12.4. The maximum atomic E-state index is 9.41. The fourth-order valence-electron chi connectivity index (χ4n) is 2.25. The van der Waals surface area contributed by atoms with Crippen molar-refractivity contribution in [2.75, 3.05) is 13.7 Å². The average molecular weight is 415 g/mol. The molecule has 130 valence electrons. The first-order valence-electron chi connectivity index (χ1n) is 7.62. The van der Waals surface area contributed by atoms with Gasteiger partial charge in [0, 0.05) is 28.1 Å². The van der Waals surface area contributed by atoms with Gasteiger partial charge in [-0.3, -0.25) is 0 Å². The molecule has 0 saturated heterocycles. The third kappa shape index (κ3) is 5.38. The van der Waals surface area contributed by atoms with Gasteiger partial charge >= 0.3 is 0 Å². The molecule has 0 aliphatic heterocycles. The molecule has 0 aliphatic carbocycles. The van der Waals surface area contributed by atoms with Crippen LogP contribution in [0.1, 0.15) is 18.1 Å².